The van der Waals surface area contributed by atoms with Crippen molar-refractivity contribution in [2.75, 3.05) is 19.6 Å². The lowest BCUT2D eigenvalue weighted by Crippen LogP contribution is -1.95. The number of ketones is 2. The zero-order valence-corrected chi connectivity index (χ0v) is 40.3. The minimum Gasteiger partial charge on any atom is -0.508 e. The molecule has 0 bridgehead atoms. The number of hydrogen-bond donors (Lipinski definition) is 1. The van der Waals surface area contributed by atoms with Crippen molar-refractivity contribution in [1.29, 1.82) is 10.5 Å². The second kappa shape index (κ2) is 25.2. The number of carbonyl (C=O) groups excluding carboxylic acids is 2. The predicted molar refractivity (Wildman–Crippen MR) is 270 cm³/mol. The summed E-state index contributed by atoms with van der Waals surface area (Å²) in [5.41, 5.74) is 13.3. The van der Waals surface area contributed by atoms with Crippen molar-refractivity contribution in [3.05, 3.63) is 156 Å². The van der Waals surface area contributed by atoms with Crippen LogP contribution in [0.15, 0.2) is 134 Å². The third-order valence-corrected chi connectivity index (χ3v) is 10.2. The van der Waals surface area contributed by atoms with Crippen LogP contribution in [0.1, 0.15) is 45.7 Å². The maximum Gasteiger partial charge on any atom is 0.762 e. The average molecular weight is 961 g/mol. The summed E-state index contributed by atoms with van der Waals surface area (Å²) in [4.78, 5) is 32.1. The lowest BCUT2D eigenvalue weighted by molar-refractivity contribution is 0.100. The van der Waals surface area contributed by atoms with Gasteiger partial charge in [0.2, 0.25) is 0 Å². The highest BCUT2D eigenvalue weighted by molar-refractivity contribution is 7.97. The molecule has 354 valence electrons. The number of phenolic OH excluding ortho intramolecular Hbond substituents is 1. The standard InChI is InChI=1S/C26H22N4O2.C25H20N4O2.C2H6S.BF3/c1-17-12-22(14-23(13-17)32-3)26-24(16-30(29-26)11-9-27)21-8-10-28-25(15-21)20-6-4-19(5-7-20)18(2)31;1-16-11-21(13-22(31)12-16)25-23(15-29(28-25)10-8-26)20-7-9-27-24(14-20)19-5-3-18(4-6-19)17(2)30;1-3-2;2-1(3)4/h4-8,10,12-16H,11H2,1-3H3;3-7,9,11-15,31H,10H2,1-2H3;1-2H3;. The molecule has 0 atom stereocenters. The van der Waals surface area contributed by atoms with Crippen molar-refractivity contribution in [2.24, 2.45) is 0 Å². The molecule has 0 amide bonds. The molecule has 0 aliphatic heterocycles. The Bertz CT molecular complexity index is 3140. The van der Waals surface area contributed by atoms with Gasteiger partial charge < -0.3 is 9.84 Å². The van der Waals surface area contributed by atoms with Crippen LogP contribution >= 0.6 is 11.8 Å². The quantitative estimate of drug-likeness (QED) is 0.0965. The van der Waals surface area contributed by atoms with Gasteiger partial charge in [-0.15, -0.1) is 0 Å². The van der Waals surface area contributed by atoms with E-state index in [1.54, 1.807) is 84.0 Å². The number of aromatic nitrogens is 6. The molecule has 0 aliphatic carbocycles. The Morgan fingerprint density at radius 3 is 1.40 bits per heavy atom. The third-order valence-electron chi connectivity index (χ3n) is 10.2. The van der Waals surface area contributed by atoms with Crippen LogP contribution in [0, 0.1) is 36.5 Å². The number of methoxy groups -OCH3 is 1. The number of nitriles is 2. The number of halogens is 3. The molecule has 0 saturated carbocycles. The topological polar surface area (TPSA) is 173 Å². The molecule has 1 N–H and O–H groups in total. The smallest absolute Gasteiger partial charge is 0.508 e. The first-order valence-electron chi connectivity index (χ1n) is 21.4. The van der Waals surface area contributed by atoms with Crippen LogP contribution in [0.2, 0.25) is 0 Å². The number of thioether (sulfide) groups is 1. The highest BCUT2D eigenvalue weighted by Crippen LogP contribution is 2.36. The molecule has 8 aromatic rings. The lowest BCUT2D eigenvalue weighted by atomic mass is 9.99. The van der Waals surface area contributed by atoms with Crippen molar-refractivity contribution in [2.45, 2.75) is 40.8 Å². The van der Waals surface area contributed by atoms with Crippen LogP contribution in [0.3, 0.4) is 0 Å². The Balaban J connectivity index is 0.000000230. The molecule has 4 aromatic carbocycles. The van der Waals surface area contributed by atoms with Gasteiger partial charge in [0.05, 0.1) is 30.6 Å². The van der Waals surface area contributed by atoms with E-state index in [2.05, 4.69) is 32.3 Å². The van der Waals surface area contributed by atoms with Crippen LogP contribution in [0.4, 0.5) is 12.9 Å². The van der Waals surface area contributed by atoms with Crippen molar-refractivity contribution < 1.29 is 32.4 Å². The van der Waals surface area contributed by atoms with E-state index in [1.165, 1.54) is 6.92 Å². The number of rotatable bonds is 11. The van der Waals surface area contributed by atoms with Gasteiger partial charge in [0.25, 0.3) is 0 Å². The van der Waals surface area contributed by atoms with Gasteiger partial charge in [-0.2, -0.15) is 32.5 Å². The number of benzene rings is 4. The first-order chi connectivity index (χ1) is 33.6. The number of Topliss-reactive ketones (excluding diaryl/α,β-unsaturated/α-hetero) is 2. The summed E-state index contributed by atoms with van der Waals surface area (Å²) in [7, 11) is -2.03. The Hall–Kier alpha value is -8.28. The van der Waals surface area contributed by atoms with Gasteiger partial charge in [0.15, 0.2) is 11.6 Å². The summed E-state index contributed by atoms with van der Waals surface area (Å²) in [6, 6.07) is 38.0. The van der Waals surface area contributed by atoms with Gasteiger partial charge in [0.1, 0.15) is 36.0 Å². The molecular formula is C53H48BF3N8O4S. The van der Waals surface area contributed by atoms with Crippen LogP contribution in [0.5, 0.6) is 11.5 Å². The number of aromatic hydroxyl groups is 1. The molecule has 0 saturated heterocycles. The summed E-state index contributed by atoms with van der Waals surface area (Å²) in [5.74, 6) is 0.962. The largest absolute Gasteiger partial charge is 0.762 e. The van der Waals surface area contributed by atoms with Crippen LogP contribution in [-0.4, -0.2) is 73.4 Å². The Morgan fingerprint density at radius 2 is 1.03 bits per heavy atom. The average Bonchev–Trinajstić information content (AvgIpc) is 3.97. The van der Waals surface area contributed by atoms with E-state index < -0.39 is 7.54 Å². The molecule has 0 radical (unpaired) electrons. The summed E-state index contributed by atoms with van der Waals surface area (Å²) in [6.45, 7) is 7.28. The van der Waals surface area contributed by atoms with Gasteiger partial charge in [-0.1, -0.05) is 48.5 Å². The van der Waals surface area contributed by atoms with Gasteiger partial charge in [-0.05, 0) is 123 Å². The molecule has 0 aliphatic rings. The fourth-order valence-electron chi connectivity index (χ4n) is 7.16. The minimum atomic E-state index is -3.67. The third kappa shape index (κ3) is 14.4. The number of pyridine rings is 2. The molecule has 17 heteroatoms. The molecule has 70 heavy (non-hydrogen) atoms. The first-order valence-corrected chi connectivity index (χ1v) is 23.0. The van der Waals surface area contributed by atoms with E-state index in [1.807, 2.05) is 112 Å². The minimum absolute atomic E-state index is 0.0178. The van der Waals surface area contributed by atoms with Crippen molar-refractivity contribution in [1.82, 2.24) is 29.5 Å². The van der Waals surface area contributed by atoms with E-state index in [0.29, 0.717) is 16.8 Å². The number of hydrogen-bond acceptors (Lipinski definition) is 11. The molecule has 0 spiro atoms. The lowest BCUT2D eigenvalue weighted by Gasteiger charge is -2.08. The Kier molecular flexibility index (Phi) is 19.0. The highest BCUT2D eigenvalue weighted by atomic mass is 32.2. The van der Waals surface area contributed by atoms with E-state index in [0.717, 1.165) is 78.5 Å². The number of phenols is 1. The van der Waals surface area contributed by atoms with Crippen LogP contribution in [-0.2, 0) is 13.1 Å². The molecule has 8 rings (SSSR count). The van der Waals surface area contributed by atoms with Gasteiger partial charge in [-0.3, -0.25) is 41.9 Å². The Morgan fingerprint density at radius 1 is 0.629 bits per heavy atom. The highest BCUT2D eigenvalue weighted by Gasteiger charge is 2.18. The zero-order chi connectivity index (χ0) is 50.9. The summed E-state index contributed by atoms with van der Waals surface area (Å²) in [5, 5.41) is 37.6. The number of aryl methyl sites for hydroxylation is 2. The van der Waals surface area contributed by atoms with Gasteiger partial charge in [-0.25, -0.2) is 0 Å². The fraction of sp³-hybridized carbons (Fsp3) is 0.170. The van der Waals surface area contributed by atoms with E-state index in [9.17, 15) is 32.9 Å². The monoisotopic (exact) mass is 960 g/mol. The summed E-state index contributed by atoms with van der Waals surface area (Å²) in [6.07, 6.45) is 11.3. The zero-order valence-electron chi connectivity index (χ0n) is 39.5. The second-order valence-corrected chi connectivity index (χ2v) is 16.4. The fourth-order valence-corrected chi connectivity index (χ4v) is 7.16. The molecule has 4 heterocycles. The molecule has 12 nitrogen and oxygen atoms in total. The second-order valence-electron chi connectivity index (χ2n) is 15.6. The van der Waals surface area contributed by atoms with Gasteiger partial charge in [0, 0.05) is 69.3 Å². The molecule has 0 unspecified atom stereocenters. The maximum atomic E-state index is 11.6. The summed E-state index contributed by atoms with van der Waals surface area (Å²) < 4.78 is 37.7. The molecular weight excluding hydrogens is 913 g/mol. The van der Waals surface area contributed by atoms with E-state index in [4.69, 9.17) is 10.00 Å². The maximum absolute atomic E-state index is 11.6. The van der Waals surface area contributed by atoms with Crippen LogP contribution in [0.25, 0.3) is 67.3 Å². The predicted octanol–water partition coefficient (Wildman–Crippen LogP) is 12.2. The molecule has 4 aromatic heterocycles. The van der Waals surface area contributed by atoms with Crippen LogP contribution < -0.4 is 4.74 Å². The SMILES string of the molecule is CC(=O)c1ccc(-c2cc(-c3cn(CC#N)nc3-c3cc(C)cc(O)c3)ccn2)cc1.COc1cc(C)cc(-c2nn(CC#N)cc2-c2ccnc(-c3ccc(C(C)=O)cc3)c2)c1.CSC.FB(F)F. The first kappa shape index (κ1) is 52.7. The van der Waals surface area contributed by atoms with Crippen molar-refractivity contribution >= 4 is 30.9 Å². The van der Waals surface area contributed by atoms with Crippen molar-refractivity contribution in [3.63, 3.8) is 0 Å². The Labute approximate surface area is 409 Å². The van der Waals surface area contributed by atoms with E-state index >= 15 is 0 Å². The van der Waals surface area contributed by atoms with Gasteiger partial charge >= 0.3 is 7.54 Å². The summed E-state index contributed by atoms with van der Waals surface area (Å²) >= 11 is 1.75. The van der Waals surface area contributed by atoms with E-state index in [-0.39, 0.29) is 30.4 Å². The van der Waals surface area contributed by atoms with Crippen molar-refractivity contribution in [3.8, 4) is 90.9 Å². The molecule has 0 fully saturated rings. The number of carbonyl (C=O) groups is 2. The normalized spacial score (nSPS) is 10.2. The number of nitrogens with zero attached hydrogens (tertiary/aromatic N) is 8. The number of ether oxygens (including phenoxy) is 1.